The molecule has 0 spiro atoms. The summed E-state index contributed by atoms with van der Waals surface area (Å²) in [6.07, 6.45) is -5.09. The van der Waals surface area contributed by atoms with E-state index in [4.69, 9.17) is 11.6 Å². The molecule has 1 atom stereocenters. The van der Waals surface area contributed by atoms with Crippen LogP contribution in [0.4, 0.5) is 23.7 Å². The molecule has 1 heterocycles. The highest BCUT2D eigenvalue weighted by Crippen LogP contribution is 2.38. The number of anilines is 1. The molecule has 0 aliphatic carbocycles. The average molecular weight is 323 g/mol. The van der Waals surface area contributed by atoms with Gasteiger partial charge in [0.2, 0.25) is 0 Å². The van der Waals surface area contributed by atoms with Crippen LogP contribution in [0.15, 0.2) is 24.3 Å². The number of alkyl halides is 3. The molecule has 1 aliphatic heterocycles. The smallest absolute Gasteiger partial charge is 0.340 e. The first kappa shape index (κ1) is 15.6. The van der Waals surface area contributed by atoms with Gasteiger partial charge in [0.15, 0.2) is 0 Å². The number of hydrogen-bond donors (Lipinski definition) is 1. The molecule has 9 heteroatoms. The zero-order valence-corrected chi connectivity index (χ0v) is 11.5. The van der Waals surface area contributed by atoms with E-state index in [9.17, 15) is 22.8 Å². The van der Waals surface area contributed by atoms with Crippen LogP contribution in [0.3, 0.4) is 0 Å². The van der Waals surface area contributed by atoms with Gasteiger partial charge < -0.3 is 4.74 Å². The van der Waals surface area contributed by atoms with Crippen molar-refractivity contribution in [1.29, 1.82) is 0 Å². The van der Waals surface area contributed by atoms with Gasteiger partial charge in [-0.15, -0.1) is 0 Å². The fraction of sp³-hybridized carbons (Fsp3) is 0.333. The van der Waals surface area contributed by atoms with Crippen molar-refractivity contribution in [3.05, 3.63) is 29.3 Å². The zero-order chi connectivity index (χ0) is 15.8. The quantitative estimate of drug-likeness (QED) is 0.870. The van der Waals surface area contributed by atoms with Crippen LogP contribution in [0.1, 0.15) is 6.92 Å². The normalized spacial score (nSPS) is 22.6. The standard InChI is InChI=1S/C12H10ClF3N2O3/c1-2-21-11(12(14,15)16)9(19)18(10(20)17-11)8-5-3-4-7(13)6-8/h3-6H,2H2,1H3,(H,17,20)/t11-/m1/s1. The van der Waals surface area contributed by atoms with E-state index in [0.717, 1.165) is 0 Å². The van der Waals surface area contributed by atoms with Crippen molar-refractivity contribution in [2.45, 2.75) is 18.8 Å². The third kappa shape index (κ3) is 2.44. The molecule has 1 saturated heterocycles. The lowest BCUT2D eigenvalue weighted by Gasteiger charge is -2.28. The molecule has 0 saturated carbocycles. The van der Waals surface area contributed by atoms with Crippen LogP contribution in [0.2, 0.25) is 5.02 Å². The minimum atomic E-state index is -5.09. The van der Waals surface area contributed by atoms with Crippen molar-refractivity contribution in [3.8, 4) is 0 Å². The maximum Gasteiger partial charge on any atom is 0.446 e. The molecule has 1 N–H and O–H groups in total. The molecule has 21 heavy (non-hydrogen) atoms. The minimum Gasteiger partial charge on any atom is -0.340 e. The number of imide groups is 1. The maximum absolute atomic E-state index is 13.2. The Bertz CT molecular complexity index is 593. The number of ether oxygens (including phenoxy) is 1. The number of carbonyl (C=O) groups is 2. The van der Waals surface area contributed by atoms with Crippen molar-refractivity contribution in [2.24, 2.45) is 0 Å². The molecule has 114 valence electrons. The van der Waals surface area contributed by atoms with E-state index in [-0.39, 0.29) is 10.7 Å². The van der Waals surface area contributed by atoms with Gasteiger partial charge in [-0.2, -0.15) is 13.2 Å². The largest absolute Gasteiger partial charge is 0.446 e. The number of halogens is 4. The van der Waals surface area contributed by atoms with Gasteiger partial charge in [-0.05, 0) is 25.1 Å². The molecule has 2 rings (SSSR count). The average Bonchev–Trinajstić information content (AvgIpc) is 2.62. The Morgan fingerprint density at radius 1 is 1.38 bits per heavy atom. The van der Waals surface area contributed by atoms with Crippen molar-refractivity contribution >= 4 is 29.2 Å². The first-order chi connectivity index (χ1) is 9.73. The number of carbonyl (C=O) groups excluding carboxylic acids is 2. The number of urea groups is 1. The van der Waals surface area contributed by atoms with E-state index in [1.807, 2.05) is 0 Å². The van der Waals surface area contributed by atoms with E-state index in [1.54, 1.807) is 5.32 Å². The number of hydrogen-bond acceptors (Lipinski definition) is 3. The summed E-state index contributed by atoms with van der Waals surface area (Å²) >= 11 is 5.72. The Labute approximate surface area is 122 Å². The van der Waals surface area contributed by atoms with E-state index in [2.05, 4.69) is 4.74 Å². The molecule has 0 bridgehead atoms. The summed E-state index contributed by atoms with van der Waals surface area (Å²) in [5.41, 5.74) is -3.45. The lowest BCUT2D eigenvalue weighted by molar-refractivity contribution is -0.267. The minimum absolute atomic E-state index is 0.0733. The first-order valence-corrected chi connectivity index (χ1v) is 6.23. The Morgan fingerprint density at radius 3 is 2.57 bits per heavy atom. The predicted molar refractivity (Wildman–Crippen MR) is 67.9 cm³/mol. The van der Waals surface area contributed by atoms with Crippen LogP contribution < -0.4 is 10.2 Å². The highest BCUT2D eigenvalue weighted by Gasteiger charge is 2.69. The molecular formula is C12H10ClF3N2O3. The van der Waals surface area contributed by atoms with Gasteiger partial charge in [-0.1, -0.05) is 17.7 Å². The molecule has 3 amide bonds. The highest BCUT2D eigenvalue weighted by molar-refractivity contribution is 6.31. The van der Waals surface area contributed by atoms with Gasteiger partial charge in [0.25, 0.3) is 5.91 Å². The van der Waals surface area contributed by atoms with Gasteiger partial charge >= 0.3 is 17.9 Å². The second kappa shape index (κ2) is 5.19. The SMILES string of the molecule is CCO[C@]1(C(F)(F)F)NC(=O)N(c2cccc(Cl)c2)C1=O. The van der Waals surface area contributed by atoms with Crippen molar-refractivity contribution < 1.29 is 27.5 Å². The molecule has 5 nitrogen and oxygen atoms in total. The Hall–Kier alpha value is -1.80. The van der Waals surface area contributed by atoms with Gasteiger partial charge in [-0.25, -0.2) is 9.69 Å². The number of amides is 3. The number of nitrogens with one attached hydrogen (secondary N) is 1. The van der Waals surface area contributed by atoms with Crippen LogP contribution in [0.5, 0.6) is 0 Å². The van der Waals surface area contributed by atoms with E-state index in [1.165, 1.54) is 31.2 Å². The Balaban J connectivity index is 2.48. The number of rotatable bonds is 3. The third-order valence-corrected chi connectivity index (χ3v) is 3.05. The second-order valence-corrected chi connectivity index (χ2v) is 4.60. The summed E-state index contributed by atoms with van der Waals surface area (Å²) in [4.78, 5) is 24.3. The highest BCUT2D eigenvalue weighted by atomic mass is 35.5. The summed E-state index contributed by atoms with van der Waals surface area (Å²) in [6, 6.07) is 4.14. The lowest BCUT2D eigenvalue weighted by atomic mass is 10.2. The summed E-state index contributed by atoms with van der Waals surface area (Å²) < 4.78 is 44.1. The van der Waals surface area contributed by atoms with Gasteiger partial charge in [0.1, 0.15) is 0 Å². The summed E-state index contributed by atoms with van der Waals surface area (Å²) in [7, 11) is 0. The molecule has 0 radical (unpaired) electrons. The van der Waals surface area contributed by atoms with Crippen molar-refractivity contribution in [1.82, 2.24) is 5.32 Å². The topological polar surface area (TPSA) is 58.6 Å². The molecule has 0 aromatic heterocycles. The van der Waals surface area contributed by atoms with E-state index in [0.29, 0.717) is 4.90 Å². The predicted octanol–water partition coefficient (Wildman–Crippen LogP) is 2.69. The van der Waals surface area contributed by atoms with Gasteiger partial charge in [-0.3, -0.25) is 10.1 Å². The molecule has 0 unspecified atom stereocenters. The molecule has 1 aromatic rings. The molecule has 1 aliphatic rings. The van der Waals surface area contributed by atoms with Crippen LogP contribution in [0, 0.1) is 0 Å². The molecule has 1 fully saturated rings. The van der Waals surface area contributed by atoms with Crippen LogP contribution >= 0.6 is 11.6 Å². The van der Waals surface area contributed by atoms with Crippen LogP contribution in [-0.2, 0) is 9.53 Å². The Morgan fingerprint density at radius 2 is 2.05 bits per heavy atom. The first-order valence-electron chi connectivity index (χ1n) is 5.86. The molecule has 1 aromatic carbocycles. The number of benzene rings is 1. The summed E-state index contributed by atoms with van der Waals surface area (Å²) in [5.74, 6) is -1.55. The van der Waals surface area contributed by atoms with E-state index < -0.39 is 30.4 Å². The zero-order valence-electron chi connectivity index (χ0n) is 10.7. The molecular weight excluding hydrogens is 313 g/mol. The number of nitrogens with zero attached hydrogens (tertiary/aromatic N) is 1. The summed E-state index contributed by atoms with van der Waals surface area (Å²) in [6.45, 7) is 0.879. The maximum atomic E-state index is 13.2. The fourth-order valence-electron chi connectivity index (χ4n) is 1.95. The van der Waals surface area contributed by atoms with Crippen LogP contribution in [0.25, 0.3) is 0 Å². The Kier molecular flexibility index (Phi) is 3.85. The van der Waals surface area contributed by atoms with Gasteiger partial charge in [0, 0.05) is 11.6 Å². The van der Waals surface area contributed by atoms with E-state index >= 15 is 0 Å². The third-order valence-electron chi connectivity index (χ3n) is 2.82. The van der Waals surface area contributed by atoms with Crippen molar-refractivity contribution in [3.63, 3.8) is 0 Å². The van der Waals surface area contributed by atoms with Crippen LogP contribution in [-0.4, -0.2) is 30.4 Å². The van der Waals surface area contributed by atoms with Crippen molar-refractivity contribution in [2.75, 3.05) is 11.5 Å². The summed E-state index contributed by atoms with van der Waals surface area (Å²) in [5, 5.41) is 1.75. The lowest BCUT2D eigenvalue weighted by Crippen LogP contribution is -2.60. The second-order valence-electron chi connectivity index (χ2n) is 4.16. The van der Waals surface area contributed by atoms with Gasteiger partial charge in [0.05, 0.1) is 5.69 Å². The fourth-order valence-corrected chi connectivity index (χ4v) is 2.13. The monoisotopic (exact) mass is 322 g/mol.